The maximum Gasteiger partial charge on any atom is 0.310 e. The van der Waals surface area contributed by atoms with E-state index in [9.17, 15) is 4.79 Å². The van der Waals surface area contributed by atoms with E-state index in [1.165, 1.54) is 0 Å². The molecule has 0 saturated carbocycles. The van der Waals surface area contributed by atoms with E-state index in [0.717, 1.165) is 11.1 Å². The fourth-order valence-electron chi connectivity index (χ4n) is 1.85. The largest absolute Gasteiger partial charge is 0.495 e. The number of ether oxygens (including phenoxy) is 2. The van der Waals surface area contributed by atoms with Crippen LogP contribution in [0.5, 0.6) is 5.75 Å². The molecule has 0 unspecified atom stereocenters. The summed E-state index contributed by atoms with van der Waals surface area (Å²) in [4.78, 5) is 11.8. The molecule has 0 radical (unpaired) electrons. The average molecular weight is 271 g/mol. The van der Waals surface area contributed by atoms with Crippen molar-refractivity contribution >= 4 is 11.7 Å². The van der Waals surface area contributed by atoms with Crippen LogP contribution in [-0.4, -0.2) is 13.1 Å². The maximum atomic E-state index is 11.8. The second-order valence-corrected chi connectivity index (χ2v) is 4.40. The van der Waals surface area contributed by atoms with Crippen molar-refractivity contribution in [3.63, 3.8) is 0 Å². The lowest BCUT2D eigenvalue weighted by atomic mass is 10.1. The highest BCUT2D eigenvalue weighted by atomic mass is 16.5. The molecule has 2 aromatic carbocycles. The van der Waals surface area contributed by atoms with Crippen molar-refractivity contribution in [2.75, 3.05) is 12.8 Å². The summed E-state index contributed by atoms with van der Waals surface area (Å²) >= 11 is 0. The highest BCUT2D eigenvalue weighted by Crippen LogP contribution is 2.22. The van der Waals surface area contributed by atoms with Gasteiger partial charge in [-0.25, -0.2) is 0 Å². The zero-order valence-corrected chi connectivity index (χ0v) is 11.3. The molecule has 104 valence electrons. The molecular formula is C16H17NO3. The number of rotatable bonds is 5. The van der Waals surface area contributed by atoms with Crippen LogP contribution in [-0.2, 0) is 22.6 Å². The molecule has 0 fully saturated rings. The molecule has 0 spiro atoms. The van der Waals surface area contributed by atoms with Gasteiger partial charge in [0.05, 0.1) is 19.2 Å². The van der Waals surface area contributed by atoms with Crippen molar-refractivity contribution in [3.05, 3.63) is 59.7 Å². The maximum absolute atomic E-state index is 11.8. The van der Waals surface area contributed by atoms with E-state index >= 15 is 0 Å². The second-order valence-electron chi connectivity index (χ2n) is 4.40. The second kappa shape index (κ2) is 6.61. The molecule has 0 saturated heterocycles. The predicted octanol–water partition coefficient (Wildman–Crippen LogP) is 2.56. The van der Waals surface area contributed by atoms with E-state index in [2.05, 4.69) is 0 Å². The molecule has 2 N–H and O–H groups in total. The third kappa shape index (κ3) is 3.75. The first-order valence-corrected chi connectivity index (χ1v) is 6.31. The minimum absolute atomic E-state index is 0.195. The first-order chi connectivity index (χ1) is 9.69. The van der Waals surface area contributed by atoms with Crippen LogP contribution < -0.4 is 10.5 Å². The summed E-state index contributed by atoms with van der Waals surface area (Å²) in [6.45, 7) is 0.283. The normalized spacial score (nSPS) is 10.1. The molecule has 0 atom stereocenters. The highest BCUT2D eigenvalue weighted by Gasteiger charge is 2.07. The lowest BCUT2D eigenvalue weighted by Gasteiger charge is -2.08. The van der Waals surface area contributed by atoms with Gasteiger partial charge in [0.25, 0.3) is 0 Å². The first kappa shape index (κ1) is 13.9. The average Bonchev–Trinajstić information content (AvgIpc) is 2.46. The van der Waals surface area contributed by atoms with Gasteiger partial charge in [-0.15, -0.1) is 0 Å². The number of nitrogens with two attached hydrogens (primary N) is 1. The van der Waals surface area contributed by atoms with E-state index < -0.39 is 0 Å². The van der Waals surface area contributed by atoms with Gasteiger partial charge in [-0.05, 0) is 23.3 Å². The number of hydrogen-bond donors (Lipinski definition) is 1. The van der Waals surface area contributed by atoms with Crippen molar-refractivity contribution in [3.8, 4) is 5.75 Å². The van der Waals surface area contributed by atoms with Gasteiger partial charge in [-0.2, -0.15) is 0 Å². The Kier molecular flexibility index (Phi) is 4.60. The molecule has 0 aliphatic carbocycles. The highest BCUT2D eigenvalue weighted by molar-refractivity contribution is 5.73. The van der Waals surface area contributed by atoms with E-state index in [-0.39, 0.29) is 19.0 Å². The Labute approximate surface area is 118 Å². The van der Waals surface area contributed by atoms with E-state index in [1.54, 1.807) is 25.3 Å². The fourth-order valence-corrected chi connectivity index (χ4v) is 1.85. The van der Waals surface area contributed by atoms with Crippen molar-refractivity contribution in [2.24, 2.45) is 0 Å². The summed E-state index contributed by atoms with van der Waals surface area (Å²) < 4.78 is 10.3. The Morgan fingerprint density at radius 3 is 2.50 bits per heavy atom. The number of hydrogen-bond acceptors (Lipinski definition) is 4. The molecular weight excluding hydrogens is 254 g/mol. The summed E-state index contributed by atoms with van der Waals surface area (Å²) in [7, 11) is 1.56. The van der Waals surface area contributed by atoms with Crippen LogP contribution in [0.25, 0.3) is 0 Å². The molecule has 0 amide bonds. The number of esters is 1. The van der Waals surface area contributed by atoms with Crippen molar-refractivity contribution in [1.29, 1.82) is 0 Å². The van der Waals surface area contributed by atoms with Crippen molar-refractivity contribution in [1.82, 2.24) is 0 Å². The summed E-state index contributed by atoms with van der Waals surface area (Å²) in [5, 5.41) is 0. The number of carbonyl (C=O) groups excluding carboxylic acids is 1. The third-order valence-electron chi connectivity index (χ3n) is 2.89. The van der Waals surface area contributed by atoms with Crippen molar-refractivity contribution in [2.45, 2.75) is 13.0 Å². The molecule has 0 aliphatic rings. The quantitative estimate of drug-likeness (QED) is 0.670. The van der Waals surface area contributed by atoms with Gasteiger partial charge < -0.3 is 15.2 Å². The number of methoxy groups -OCH3 is 1. The molecule has 4 heteroatoms. The Morgan fingerprint density at radius 1 is 1.10 bits per heavy atom. The van der Waals surface area contributed by atoms with Crippen LogP contribution >= 0.6 is 0 Å². The van der Waals surface area contributed by atoms with Gasteiger partial charge in [0.1, 0.15) is 12.4 Å². The Balaban J connectivity index is 1.90. The van der Waals surface area contributed by atoms with Gasteiger partial charge in [-0.1, -0.05) is 36.4 Å². The van der Waals surface area contributed by atoms with Gasteiger partial charge in [0.2, 0.25) is 0 Å². The van der Waals surface area contributed by atoms with E-state index in [0.29, 0.717) is 11.4 Å². The van der Waals surface area contributed by atoms with E-state index in [1.807, 2.05) is 30.3 Å². The van der Waals surface area contributed by atoms with Gasteiger partial charge >= 0.3 is 5.97 Å². The molecule has 2 aromatic rings. The van der Waals surface area contributed by atoms with Crippen LogP contribution in [0.3, 0.4) is 0 Å². The minimum atomic E-state index is -0.279. The summed E-state index contributed by atoms with van der Waals surface area (Å²) in [6.07, 6.45) is 0.195. The zero-order valence-electron chi connectivity index (χ0n) is 11.3. The zero-order chi connectivity index (χ0) is 14.4. The lowest BCUT2D eigenvalue weighted by molar-refractivity contribution is -0.144. The van der Waals surface area contributed by atoms with Gasteiger partial charge in [0, 0.05) is 0 Å². The number of nitrogen functional groups attached to an aromatic ring is 1. The van der Waals surface area contributed by atoms with Crippen LogP contribution in [0.15, 0.2) is 48.5 Å². The summed E-state index contributed by atoms with van der Waals surface area (Å²) in [6, 6.07) is 14.8. The molecule has 0 bridgehead atoms. The molecule has 20 heavy (non-hydrogen) atoms. The molecule has 4 nitrogen and oxygen atoms in total. The smallest absolute Gasteiger partial charge is 0.310 e. The lowest BCUT2D eigenvalue weighted by Crippen LogP contribution is -2.08. The number of anilines is 1. The fraction of sp³-hybridized carbons (Fsp3) is 0.188. The predicted molar refractivity (Wildman–Crippen MR) is 77.3 cm³/mol. The molecule has 2 rings (SSSR count). The van der Waals surface area contributed by atoms with Crippen LogP contribution in [0, 0.1) is 0 Å². The van der Waals surface area contributed by atoms with Crippen LogP contribution in [0.2, 0.25) is 0 Å². The standard InChI is InChI=1S/C16H17NO3/c1-19-15-8-7-13(9-14(15)17)10-16(18)20-11-12-5-3-2-4-6-12/h2-9H,10-11,17H2,1H3. The van der Waals surface area contributed by atoms with Crippen LogP contribution in [0.4, 0.5) is 5.69 Å². The van der Waals surface area contributed by atoms with E-state index in [4.69, 9.17) is 15.2 Å². The Bertz CT molecular complexity index is 582. The Hall–Kier alpha value is -2.49. The van der Waals surface area contributed by atoms with Crippen molar-refractivity contribution < 1.29 is 14.3 Å². The molecule has 0 heterocycles. The van der Waals surface area contributed by atoms with Crippen LogP contribution in [0.1, 0.15) is 11.1 Å². The topological polar surface area (TPSA) is 61.5 Å². The number of benzene rings is 2. The van der Waals surface area contributed by atoms with Gasteiger partial charge in [-0.3, -0.25) is 4.79 Å². The molecule has 0 aromatic heterocycles. The summed E-state index contributed by atoms with van der Waals surface area (Å²) in [5.41, 5.74) is 8.08. The minimum Gasteiger partial charge on any atom is -0.495 e. The monoisotopic (exact) mass is 271 g/mol. The molecule has 0 aliphatic heterocycles. The SMILES string of the molecule is COc1ccc(CC(=O)OCc2ccccc2)cc1N. The summed E-state index contributed by atoms with van der Waals surface area (Å²) in [5.74, 6) is 0.324. The van der Waals surface area contributed by atoms with Gasteiger partial charge in [0.15, 0.2) is 0 Å². The third-order valence-corrected chi connectivity index (χ3v) is 2.89. The first-order valence-electron chi connectivity index (χ1n) is 6.31. The Morgan fingerprint density at radius 2 is 1.85 bits per heavy atom. The number of carbonyl (C=O) groups is 1.